The van der Waals surface area contributed by atoms with Crippen LogP contribution in [0.3, 0.4) is 0 Å². The molecule has 0 atom stereocenters. The number of benzene rings is 4. The van der Waals surface area contributed by atoms with Gasteiger partial charge in [-0.2, -0.15) is 30.3 Å². The van der Waals surface area contributed by atoms with E-state index in [2.05, 4.69) is 96.1 Å². The van der Waals surface area contributed by atoms with E-state index in [-0.39, 0.29) is 31.9 Å². The molecule has 0 N–H and O–H groups in total. The van der Waals surface area contributed by atoms with Crippen molar-refractivity contribution in [2.45, 2.75) is 52.4 Å². The van der Waals surface area contributed by atoms with Crippen LogP contribution in [0.2, 0.25) is 0 Å². The molecule has 4 nitrogen and oxygen atoms in total. The van der Waals surface area contributed by atoms with Crippen LogP contribution in [-0.2, 0) is 31.9 Å². The van der Waals surface area contributed by atoms with Gasteiger partial charge in [0, 0.05) is 17.2 Å². The van der Waals surface area contributed by atoms with Gasteiger partial charge >= 0.3 is 21.1 Å². The smallest absolute Gasteiger partial charge is 0.460 e. The molecule has 216 valence electrons. The Kier molecular flexibility index (Phi) is 7.17. The number of nitrogens with zero attached hydrogens (tertiary/aromatic N) is 2. The van der Waals surface area contributed by atoms with Crippen LogP contribution in [0, 0.1) is 12.1 Å². The quantitative estimate of drug-likeness (QED) is 0.133. The predicted octanol–water partition coefficient (Wildman–Crippen LogP) is 10.3. The summed E-state index contributed by atoms with van der Waals surface area (Å²) in [5.74, 6) is 1.17. The monoisotopic (exact) mass is 743 g/mol. The molecule has 0 radical (unpaired) electrons. The molecule has 0 fully saturated rings. The second kappa shape index (κ2) is 10.6. The Labute approximate surface area is 266 Å². The zero-order chi connectivity index (χ0) is 29.2. The molecular formula is C38H32N2O2Pt. The molecule has 0 saturated carbocycles. The van der Waals surface area contributed by atoms with E-state index in [0.717, 1.165) is 60.8 Å². The van der Waals surface area contributed by atoms with E-state index >= 15 is 0 Å². The van der Waals surface area contributed by atoms with Crippen molar-refractivity contribution < 1.29 is 30.2 Å². The SMILES string of the molecule is CC(C)(C)c1cc(Oc2[c-]c(-c3[c-]cccc3)ccc2C(C)(C)C)nc(-c2cc3ccc4cccc5oc(n2)c3c45)c1.[Pt+2]. The molecule has 4 aromatic carbocycles. The molecule has 3 aromatic heterocycles. The van der Waals surface area contributed by atoms with Crippen molar-refractivity contribution in [2.75, 3.05) is 0 Å². The maximum absolute atomic E-state index is 6.65. The third-order valence-electron chi connectivity index (χ3n) is 7.83. The van der Waals surface area contributed by atoms with E-state index in [1.165, 1.54) is 0 Å². The van der Waals surface area contributed by atoms with Gasteiger partial charge in [0.05, 0.1) is 16.8 Å². The first-order valence-electron chi connectivity index (χ1n) is 14.3. The first-order valence-corrected chi connectivity index (χ1v) is 14.3. The second-order valence-electron chi connectivity index (χ2n) is 13.0. The van der Waals surface area contributed by atoms with Crippen molar-refractivity contribution in [3.05, 3.63) is 108 Å². The molecule has 5 heteroatoms. The minimum absolute atomic E-state index is 0. The fourth-order valence-electron chi connectivity index (χ4n) is 5.54. The van der Waals surface area contributed by atoms with Gasteiger partial charge in [-0.3, -0.25) is 0 Å². The molecule has 0 amide bonds. The number of aromatic nitrogens is 2. The Morgan fingerprint density at radius 2 is 1.49 bits per heavy atom. The molecular weight excluding hydrogens is 712 g/mol. The van der Waals surface area contributed by atoms with E-state index in [1.54, 1.807) is 0 Å². The Hall–Kier alpha value is -4.01. The van der Waals surface area contributed by atoms with Gasteiger partial charge in [-0.05, 0) is 45.4 Å². The van der Waals surface area contributed by atoms with E-state index in [1.807, 2.05) is 42.5 Å². The zero-order valence-corrected chi connectivity index (χ0v) is 27.4. The molecule has 0 bridgehead atoms. The van der Waals surface area contributed by atoms with Gasteiger partial charge in [0.15, 0.2) is 0 Å². The van der Waals surface area contributed by atoms with Crippen molar-refractivity contribution in [1.82, 2.24) is 9.97 Å². The Bertz CT molecular complexity index is 2080. The third-order valence-corrected chi connectivity index (χ3v) is 7.83. The van der Waals surface area contributed by atoms with Crippen molar-refractivity contribution in [3.63, 3.8) is 0 Å². The maximum Gasteiger partial charge on any atom is 2.00 e. The van der Waals surface area contributed by atoms with Gasteiger partial charge in [0.1, 0.15) is 5.58 Å². The van der Waals surface area contributed by atoms with Crippen LogP contribution in [-0.4, -0.2) is 9.97 Å². The number of hydrogen-bond donors (Lipinski definition) is 0. The molecule has 7 rings (SSSR count). The topological polar surface area (TPSA) is 48.2 Å². The fourth-order valence-corrected chi connectivity index (χ4v) is 5.54. The van der Waals surface area contributed by atoms with Crippen LogP contribution in [0.4, 0.5) is 0 Å². The molecule has 43 heavy (non-hydrogen) atoms. The van der Waals surface area contributed by atoms with E-state index in [0.29, 0.717) is 17.3 Å². The summed E-state index contributed by atoms with van der Waals surface area (Å²) in [6, 6.07) is 35.6. The Morgan fingerprint density at radius 3 is 2.23 bits per heavy atom. The largest absolute Gasteiger partial charge is 2.00 e. The molecule has 0 aliphatic rings. The van der Waals surface area contributed by atoms with Crippen molar-refractivity contribution >= 4 is 32.8 Å². The number of pyridine rings is 2. The predicted molar refractivity (Wildman–Crippen MR) is 170 cm³/mol. The van der Waals surface area contributed by atoms with Gasteiger partial charge in [0.25, 0.3) is 0 Å². The van der Waals surface area contributed by atoms with Gasteiger partial charge in [-0.15, -0.1) is 18.2 Å². The van der Waals surface area contributed by atoms with E-state index in [4.69, 9.17) is 19.1 Å². The molecule has 3 heterocycles. The summed E-state index contributed by atoms with van der Waals surface area (Å²) < 4.78 is 12.9. The minimum Gasteiger partial charge on any atom is -0.460 e. The molecule has 0 aliphatic carbocycles. The van der Waals surface area contributed by atoms with Crippen LogP contribution in [0.25, 0.3) is 55.4 Å². The van der Waals surface area contributed by atoms with Crippen molar-refractivity contribution in [3.8, 4) is 34.1 Å². The summed E-state index contributed by atoms with van der Waals surface area (Å²) in [7, 11) is 0. The van der Waals surface area contributed by atoms with Crippen molar-refractivity contribution in [2.24, 2.45) is 0 Å². The maximum atomic E-state index is 6.65. The summed E-state index contributed by atoms with van der Waals surface area (Å²) in [6.07, 6.45) is 0. The van der Waals surface area contributed by atoms with Gasteiger partial charge in [-0.25, -0.2) is 21.1 Å². The van der Waals surface area contributed by atoms with Crippen LogP contribution in [0.5, 0.6) is 11.6 Å². The van der Waals surface area contributed by atoms with Crippen LogP contribution in [0.1, 0.15) is 52.7 Å². The first-order chi connectivity index (χ1) is 20.0. The van der Waals surface area contributed by atoms with Crippen LogP contribution < -0.4 is 4.74 Å². The van der Waals surface area contributed by atoms with Crippen LogP contribution in [0.15, 0.2) is 89.3 Å². The Morgan fingerprint density at radius 1 is 0.698 bits per heavy atom. The molecule has 0 saturated heterocycles. The number of ether oxygens (including phenoxy) is 1. The van der Waals surface area contributed by atoms with Crippen LogP contribution >= 0.6 is 0 Å². The minimum atomic E-state index is -0.156. The number of furan rings is 1. The zero-order valence-electron chi connectivity index (χ0n) is 25.1. The molecule has 0 spiro atoms. The summed E-state index contributed by atoms with van der Waals surface area (Å²) in [5, 5.41) is 4.39. The van der Waals surface area contributed by atoms with Gasteiger partial charge in [0.2, 0.25) is 11.6 Å². The van der Waals surface area contributed by atoms with Gasteiger partial charge < -0.3 is 9.15 Å². The van der Waals surface area contributed by atoms with Gasteiger partial charge in [-0.1, -0.05) is 71.4 Å². The average molecular weight is 744 g/mol. The standard InChI is InChI=1S/C38H32N2O2.Pt/c1-37(2,3)27-21-30(29-19-26-16-15-24-13-10-14-31-34(24)35(26)36(40-29)42-31)39-33(22-27)41-32-20-25(23-11-8-7-9-12-23)17-18-28(32)38(4,5)6;/h7-11,13-19,21-22H,1-6H3;/q-2;+2. The van der Waals surface area contributed by atoms with E-state index < -0.39 is 0 Å². The molecule has 0 aliphatic heterocycles. The molecule has 0 unspecified atom stereocenters. The summed E-state index contributed by atoms with van der Waals surface area (Å²) in [5.41, 5.74) is 6.70. The summed E-state index contributed by atoms with van der Waals surface area (Å²) >= 11 is 0. The molecule has 7 aromatic rings. The Balaban J connectivity index is 0.00000329. The third kappa shape index (κ3) is 5.34. The fraction of sp³-hybridized carbons (Fsp3) is 0.211. The number of hydrogen-bond acceptors (Lipinski definition) is 4. The summed E-state index contributed by atoms with van der Waals surface area (Å²) in [6.45, 7) is 13.1. The average Bonchev–Trinajstić information content (AvgIpc) is 3.35. The van der Waals surface area contributed by atoms with E-state index in [9.17, 15) is 0 Å². The number of rotatable bonds is 4. The first kappa shape index (κ1) is 29.1. The second-order valence-corrected chi connectivity index (χ2v) is 13.0. The normalized spacial score (nSPS) is 12.2. The summed E-state index contributed by atoms with van der Waals surface area (Å²) in [4.78, 5) is 9.98. The van der Waals surface area contributed by atoms with Crippen molar-refractivity contribution in [1.29, 1.82) is 0 Å².